The predicted molar refractivity (Wildman–Crippen MR) is 81.5 cm³/mol. The molecular weight excluding hydrogens is 279 g/mol. The van der Waals surface area contributed by atoms with Crippen LogP contribution < -0.4 is 11.3 Å². The SMILES string of the molecule is Cc1cccc(C(NN)c2c(Cl)cccc2Cl)c1C. The van der Waals surface area contributed by atoms with Crippen molar-refractivity contribution in [2.24, 2.45) is 5.84 Å². The largest absolute Gasteiger partial charge is 0.271 e. The summed E-state index contributed by atoms with van der Waals surface area (Å²) < 4.78 is 0. The van der Waals surface area contributed by atoms with Gasteiger partial charge in [0.2, 0.25) is 0 Å². The molecule has 4 heteroatoms. The second-order valence-electron chi connectivity index (χ2n) is 4.52. The summed E-state index contributed by atoms with van der Waals surface area (Å²) >= 11 is 12.5. The maximum atomic E-state index is 6.27. The summed E-state index contributed by atoms with van der Waals surface area (Å²) in [5.41, 5.74) is 7.09. The minimum absolute atomic E-state index is 0.221. The fraction of sp³-hybridized carbons (Fsp3) is 0.200. The Morgan fingerprint density at radius 2 is 1.58 bits per heavy atom. The fourth-order valence-electron chi connectivity index (χ4n) is 2.20. The van der Waals surface area contributed by atoms with Crippen LogP contribution in [0.2, 0.25) is 10.0 Å². The van der Waals surface area contributed by atoms with Crippen LogP contribution in [0.4, 0.5) is 0 Å². The lowest BCUT2D eigenvalue weighted by atomic mass is 9.93. The van der Waals surface area contributed by atoms with Gasteiger partial charge < -0.3 is 0 Å². The van der Waals surface area contributed by atoms with Gasteiger partial charge in [-0.05, 0) is 42.7 Å². The number of benzene rings is 2. The molecule has 0 saturated carbocycles. The lowest BCUT2D eigenvalue weighted by Crippen LogP contribution is -2.30. The molecule has 1 atom stereocenters. The zero-order valence-electron chi connectivity index (χ0n) is 10.9. The molecule has 0 saturated heterocycles. The number of hydrazine groups is 1. The summed E-state index contributed by atoms with van der Waals surface area (Å²) in [6.07, 6.45) is 0. The van der Waals surface area contributed by atoms with Gasteiger partial charge in [-0.1, -0.05) is 47.5 Å². The smallest absolute Gasteiger partial charge is 0.0741 e. The molecule has 3 N–H and O–H groups in total. The third-order valence-corrected chi connectivity index (χ3v) is 4.07. The molecule has 0 radical (unpaired) electrons. The van der Waals surface area contributed by atoms with Gasteiger partial charge in [0.1, 0.15) is 0 Å². The van der Waals surface area contributed by atoms with E-state index in [1.54, 1.807) is 0 Å². The van der Waals surface area contributed by atoms with Crippen molar-refractivity contribution in [3.05, 3.63) is 68.7 Å². The lowest BCUT2D eigenvalue weighted by Gasteiger charge is -2.22. The Bertz CT molecular complexity index is 576. The number of nitrogens with one attached hydrogen (secondary N) is 1. The van der Waals surface area contributed by atoms with Gasteiger partial charge in [-0.2, -0.15) is 0 Å². The van der Waals surface area contributed by atoms with Gasteiger partial charge >= 0.3 is 0 Å². The van der Waals surface area contributed by atoms with E-state index in [9.17, 15) is 0 Å². The zero-order chi connectivity index (χ0) is 14.0. The second kappa shape index (κ2) is 5.93. The van der Waals surface area contributed by atoms with Crippen molar-refractivity contribution in [2.75, 3.05) is 0 Å². The van der Waals surface area contributed by atoms with Crippen LogP contribution in [0.25, 0.3) is 0 Å². The number of hydrogen-bond acceptors (Lipinski definition) is 2. The van der Waals surface area contributed by atoms with Crippen LogP contribution in [0.1, 0.15) is 28.3 Å². The number of aryl methyl sites for hydroxylation is 1. The molecule has 0 fully saturated rings. The topological polar surface area (TPSA) is 38.0 Å². The summed E-state index contributed by atoms with van der Waals surface area (Å²) in [7, 11) is 0. The molecule has 2 rings (SSSR count). The van der Waals surface area contributed by atoms with Gasteiger partial charge in [0.15, 0.2) is 0 Å². The van der Waals surface area contributed by atoms with Crippen molar-refractivity contribution in [3.8, 4) is 0 Å². The Labute approximate surface area is 123 Å². The molecule has 0 spiro atoms. The Morgan fingerprint density at radius 3 is 2.16 bits per heavy atom. The van der Waals surface area contributed by atoms with Crippen LogP contribution in [-0.2, 0) is 0 Å². The van der Waals surface area contributed by atoms with Crippen molar-refractivity contribution >= 4 is 23.2 Å². The van der Waals surface area contributed by atoms with E-state index in [-0.39, 0.29) is 6.04 Å². The highest BCUT2D eigenvalue weighted by molar-refractivity contribution is 6.36. The van der Waals surface area contributed by atoms with E-state index in [1.165, 1.54) is 11.1 Å². The average molecular weight is 295 g/mol. The number of rotatable bonds is 3. The molecule has 0 aliphatic heterocycles. The molecule has 2 aromatic carbocycles. The third-order valence-electron chi connectivity index (χ3n) is 3.41. The molecule has 2 nitrogen and oxygen atoms in total. The lowest BCUT2D eigenvalue weighted by molar-refractivity contribution is 0.633. The summed E-state index contributed by atoms with van der Waals surface area (Å²) in [6.45, 7) is 4.14. The van der Waals surface area contributed by atoms with Gasteiger partial charge in [0.25, 0.3) is 0 Å². The van der Waals surface area contributed by atoms with Gasteiger partial charge in [0, 0.05) is 15.6 Å². The quantitative estimate of drug-likeness (QED) is 0.659. The van der Waals surface area contributed by atoms with E-state index in [2.05, 4.69) is 25.3 Å². The first-order chi connectivity index (χ1) is 9.06. The summed E-state index contributed by atoms with van der Waals surface area (Å²) in [5, 5.41) is 1.22. The molecule has 0 aromatic heterocycles. The van der Waals surface area contributed by atoms with Crippen molar-refractivity contribution < 1.29 is 0 Å². The van der Waals surface area contributed by atoms with Gasteiger partial charge in [-0.3, -0.25) is 5.84 Å². The molecule has 0 heterocycles. The summed E-state index contributed by atoms with van der Waals surface area (Å²) in [4.78, 5) is 0. The van der Waals surface area contributed by atoms with Crippen molar-refractivity contribution in [1.82, 2.24) is 5.43 Å². The number of hydrogen-bond donors (Lipinski definition) is 2. The Balaban J connectivity index is 2.60. The normalized spacial score (nSPS) is 12.5. The highest BCUT2D eigenvalue weighted by Gasteiger charge is 2.20. The van der Waals surface area contributed by atoms with Gasteiger partial charge in [-0.25, -0.2) is 5.43 Å². The van der Waals surface area contributed by atoms with Crippen LogP contribution in [0, 0.1) is 13.8 Å². The first kappa shape index (κ1) is 14.4. The van der Waals surface area contributed by atoms with Crippen LogP contribution in [0.3, 0.4) is 0 Å². The first-order valence-corrected chi connectivity index (χ1v) is 6.78. The molecule has 0 amide bonds. The van der Waals surface area contributed by atoms with E-state index in [4.69, 9.17) is 29.0 Å². The minimum atomic E-state index is -0.221. The molecule has 19 heavy (non-hydrogen) atoms. The molecular formula is C15H16Cl2N2. The molecule has 1 unspecified atom stereocenters. The maximum Gasteiger partial charge on any atom is 0.0741 e. The van der Waals surface area contributed by atoms with Crippen molar-refractivity contribution in [2.45, 2.75) is 19.9 Å². The van der Waals surface area contributed by atoms with E-state index in [0.29, 0.717) is 10.0 Å². The van der Waals surface area contributed by atoms with Gasteiger partial charge in [-0.15, -0.1) is 0 Å². The first-order valence-electron chi connectivity index (χ1n) is 6.02. The molecule has 0 bridgehead atoms. The number of nitrogens with two attached hydrogens (primary N) is 1. The monoisotopic (exact) mass is 294 g/mol. The second-order valence-corrected chi connectivity index (χ2v) is 5.34. The minimum Gasteiger partial charge on any atom is -0.271 e. The Hall–Kier alpha value is -1.06. The van der Waals surface area contributed by atoms with Crippen molar-refractivity contribution in [3.63, 3.8) is 0 Å². The highest BCUT2D eigenvalue weighted by Crippen LogP contribution is 2.35. The molecule has 0 aliphatic carbocycles. The highest BCUT2D eigenvalue weighted by atomic mass is 35.5. The van der Waals surface area contributed by atoms with E-state index < -0.39 is 0 Å². The van der Waals surface area contributed by atoms with Crippen LogP contribution >= 0.6 is 23.2 Å². The standard InChI is InChI=1S/C15H16Cl2N2/c1-9-5-3-6-11(10(9)2)15(19-18)14-12(16)7-4-8-13(14)17/h3-8,15,19H,18H2,1-2H3. The molecule has 0 aliphatic rings. The van der Waals surface area contributed by atoms with E-state index >= 15 is 0 Å². The van der Waals surface area contributed by atoms with Crippen molar-refractivity contribution in [1.29, 1.82) is 0 Å². The number of halogens is 2. The average Bonchev–Trinajstić information content (AvgIpc) is 2.38. The summed E-state index contributed by atoms with van der Waals surface area (Å²) in [6, 6.07) is 11.3. The predicted octanol–water partition coefficient (Wildman–Crippen LogP) is 4.16. The van der Waals surface area contributed by atoms with Gasteiger partial charge in [0.05, 0.1) is 6.04 Å². The van der Waals surface area contributed by atoms with Crippen LogP contribution in [0.15, 0.2) is 36.4 Å². The Kier molecular flexibility index (Phi) is 4.48. The van der Waals surface area contributed by atoms with Crippen LogP contribution in [-0.4, -0.2) is 0 Å². The summed E-state index contributed by atoms with van der Waals surface area (Å²) in [5.74, 6) is 5.73. The Morgan fingerprint density at radius 1 is 1.00 bits per heavy atom. The maximum absolute atomic E-state index is 6.27. The zero-order valence-corrected chi connectivity index (χ0v) is 12.4. The van der Waals surface area contributed by atoms with E-state index in [0.717, 1.165) is 11.1 Å². The van der Waals surface area contributed by atoms with E-state index in [1.807, 2.05) is 30.3 Å². The fourth-order valence-corrected chi connectivity index (χ4v) is 2.82. The van der Waals surface area contributed by atoms with Crippen LogP contribution in [0.5, 0.6) is 0 Å². The third kappa shape index (κ3) is 2.77. The molecule has 2 aromatic rings. The molecule has 100 valence electrons.